The fourth-order valence-electron chi connectivity index (χ4n) is 1.81. The third-order valence-corrected chi connectivity index (χ3v) is 5.51. The zero-order chi connectivity index (χ0) is 14.8. The Morgan fingerprint density at radius 3 is 2.30 bits per heavy atom. The van der Waals surface area contributed by atoms with Gasteiger partial charge in [0.05, 0.1) is 4.90 Å². The SMILES string of the molecule is Cc1cc(Br)c(S(=O)(=O)NCc2ccccc2)cc1C. The van der Waals surface area contributed by atoms with E-state index in [-0.39, 0.29) is 11.4 Å². The normalized spacial score (nSPS) is 11.6. The number of hydrogen-bond acceptors (Lipinski definition) is 2. The Balaban J connectivity index is 2.25. The molecule has 0 unspecified atom stereocenters. The Bertz CT molecular complexity index is 712. The van der Waals surface area contributed by atoms with E-state index in [4.69, 9.17) is 0 Å². The van der Waals surface area contributed by atoms with Gasteiger partial charge < -0.3 is 0 Å². The largest absolute Gasteiger partial charge is 0.242 e. The molecule has 0 aliphatic heterocycles. The second-order valence-corrected chi connectivity index (χ2v) is 7.27. The Labute approximate surface area is 128 Å². The van der Waals surface area contributed by atoms with Gasteiger partial charge in [-0.25, -0.2) is 13.1 Å². The molecule has 0 radical (unpaired) electrons. The van der Waals surface area contributed by atoms with Crippen LogP contribution in [0.1, 0.15) is 16.7 Å². The maximum Gasteiger partial charge on any atom is 0.242 e. The van der Waals surface area contributed by atoms with Crippen LogP contribution in [0.15, 0.2) is 51.8 Å². The Kier molecular flexibility index (Phi) is 4.62. The van der Waals surface area contributed by atoms with E-state index in [9.17, 15) is 8.42 Å². The molecule has 0 amide bonds. The van der Waals surface area contributed by atoms with E-state index in [1.807, 2.05) is 50.2 Å². The number of aryl methyl sites for hydroxylation is 2. The molecule has 0 fully saturated rings. The van der Waals surface area contributed by atoms with Gasteiger partial charge in [-0.3, -0.25) is 0 Å². The molecule has 0 saturated carbocycles. The highest BCUT2D eigenvalue weighted by Crippen LogP contribution is 2.25. The van der Waals surface area contributed by atoms with Crippen LogP contribution in [0.25, 0.3) is 0 Å². The molecule has 0 saturated heterocycles. The van der Waals surface area contributed by atoms with Crippen LogP contribution in [0, 0.1) is 13.8 Å². The average Bonchev–Trinajstić information content (AvgIpc) is 2.42. The maximum atomic E-state index is 12.3. The molecule has 20 heavy (non-hydrogen) atoms. The molecular formula is C15H16BrNO2S. The van der Waals surface area contributed by atoms with Gasteiger partial charge in [-0.1, -0.05) is 30.3 Å². The molecule has 1 N–H and O–H groups in total. The van der Waals surface area contributed by atoms with Gasteiger partial charge in [-0.15, -0.1) is 0 Å². The minimum Gasteiger partial charge on any atom is -0.207 e. The van der Waals surface area contributed by atoms with Gasteiger partial charge in [-0.2, -0.15) is 0 Å². The van der Waals surface area contributed by atoms with Crippen molar-refractivity contribution in [3.8, 4) is 0 Å². The summed E-state index contributed by atoms with van der Waals surface area (Å²) in [6.45, 7) is 4.13. The van der Waals surface area contributed by atoms with Gasteiger partial charge in [0.2, 0.25) is 10.0 Å². The summed E-state index contributed by atoms with van der Waals surface area (Å²) in [5, 5.41) is 0. The van der Waals surface area contributed by atoms with Crippen molar-refractivity contribution in [1.29, 1.82) is 0 Å². The molecular weight excluding hydrogens is 338 g/mol. The summed E-state index contributed by atoms with van der Waals surface area (Å²) in [6, 6.07) is 13.0. The van der Waals surface area contributed by atoms with Crippen LogP contribution in [-0.2, 0) is 16.6 Å². The molecule has 2 rings (SSSR count). The van der Waals surface area contributed by atoms with Gasteiger partial charge >= 0.3 is 0 Å². The number of benzene rings is 2. The van der Waals surface area contributed by atoms with Crippen molar-refractivity contribution in [2.75, 3.05) is 0 Å². The monoisotopic (exact) mass is 353 g/mol. The molecule has 0 aliphatic rings. The molecule has 0 heterocycles. The molecule has 2 aromatic rings. The van der Waals surface area contributed by atoms with E-state index in [1.54, 1.807) is 6.07 Å². The topological polar surface area (TPSA) is 46.2 Å². The molecule has 0 aromatic heterocycles. The van der Waals surface area contributed by atoms with E-state index in [1.165, 1.54) is 0 Å². The van der Waals surface area contributed by atoms with Gasteiger partial charge in [0.1, 0.15) is 0 Å². The van der Waals surface area contributed by atoms with E-state index < -0.39 is 10.0 Å². The number of sulfonamides is 1. The lowest BCUT2D eigenvalue weighted by atomic mass is 10.1. The fraction of sp³-hybridized carbons (Fsp3) is 0.200. The van der Waals surface area contributed by atoms with Crippen LogP contribution < -0.4 is 4.72 Å². The minimum absolute atomic E-state index is 0.275. The number of halogens is 1. The summed E-state index contributed by atoms with van der Waals surface area (Å²) in [4.78, 5) is 0.275. The van der Waals surface area contributed by atoms with Crippen molar-refractivity contribution >= 4 is 26.0 Å². The first-order valence-electron chi connectivity index (χ1n) is 6.20. The molecule has 0 bridgehead atoms. The molecule has 3 nitrogen and oxygen atoms in total. The van der Waals surface area contributed by atoms with Crippen LogP contribution in [0.3, 0.4) is 0 Å². The first kappa shape index (κ1) is 15.2. The highest BCUT2D eigenvalue weighted by Gasteiger charge is 2.18. The van der Waals surface area contributed by atoms with Crippen molar-refractivity contribution in [3.63, 3.8) is 0 Å². The van der Waals surface area contributed by atoms with E-state index >= 15 is 0 Å². The molecule has 0 spiro atoms. The Morgan fingerprint density at radius 2 is 1.65 bits per heavy atom. The van der Waals surface area contributed by atoms with Crippen molar-refractivity contribution in [2.45, 2.75) is 25.3 Å². The second-order valence-electron chi connectivity index (χ2n) is 4.68. The van der Waals surface area contributed by atoms with Crippen molar-refractivity contribution in [2.24, 2.45) is 0 Å². The van der Waals surface area contributed by atoms with E-state index in [0.29, 0.717) is 4.47 Å². The van der Waals surface area contributed by atoms with Crippen LogP contribution in [0.5, 0.6) is 0 Å². The summed E-state index contributed by atoms with van der Waals surface area (Å²) in [6.07, 6.45) is 0. The quantitative estimate of drug-likeness (QED) is 0.913. The van der Waals surface area contributed by atoms with Crippen LogP contribution in [-0.4, -0.2) is 8.42 Å². The minimum atomic E-state index is -3.53. The predicted octanol–water partition coefficient (Wildman–Crippen LogP) is 3.54. The van der Waals surface area contributed by atoms with Crippen LogP contribution in [0.2, 0.25) is 0 Å². The maximum absolute atomic E-state index is 12.3. The van der Waals surface area contributed by atoms with Gasteiger partial charge in [0.25, 0.3) is 0 Å². The highest BCUT2D eigenvalue weighted by atomic mass is 79.9. The smallest absolute Gasteiger partial charge is 0.207 e. The zero-order valence-corrected chi connectivity index (χ0v) is 13.8. The highest BCUT2D eigenvalue weighted by molar-refractivity contribution is 9.10. The number of hydrogen-bond donors (Lipinski definition) is 1. The molecule has 0 atom stereocenters. The predicted molar refractivity (Wildman–Crippen MR) is 84.1 cm³/mol. The van der Waals surface area contributed by atoms with Crippen molar-refractivity contribution < 1.29 is 8.42 Å². The number of nitrogens with one attached hydrogen (secondary N) is 1. The molecule has 5 heteroatoms. The Morgan fingerprint density at radius 1 is 1.05 bits per heavy atom. The average molecular weight is 354 g/mol. The van der Waals surface area contributed by atoms with E-state index in [2.05, 4.69) is 20.7 Å². The lowest BCUT2D eigenvalue weighted by Crippen LogP contribution is -2.23. The third-order valence-electron chi connectivity index (χ3n) is 3.15. The van der Waals surface area contributed by atoms with Crippen LogP contribution >= 0.6 is 15.9 Å². The summed E-state index contributed by atoms with van der Waals surface area (Å²) in [5.41, 5.74) is 2.93. The number of rotatable bonds is 4. The van der Waals surface area contributed by atoms with Crippen molar-refractivity contribution in [1.82, 2.24) is 4.72 Å². The lowest BCUT2D eigenvalue weighted by molar-refractivity contribution is 0.580. The summed E-state index contributed by atoms with van der Waals surface area (Å²) in [7, 11) is -3.53. The zero-order valence-electron chi connectivity index (χ0n) is 11.4. The molecule has 2 aromatic carbocycles. The summed E-state index contributed by atoms with van der Waals surface area (Å²) >= 11 is 3.32. The summed E-state index contributed by atoms with van der Waals surface area (Å²) in [5.74, 6) is 0. The standard InChI is InChI=1S/C15H16BrNO2S/c1-11-8-14(16)15(9-12(11)2)20(18,19)17-10-13-6-4-3-5-7-13/h3-9,17H,10H2,1-2H3. The van der Waals surface area contributed by atoms with E-state index in [0.717, 1.165) is 16.7 Å². The second kappa shape index (κ2) is 6.08. The molecule has 106 valence electrons. The fourth-order valence-corrected chi connectivity index (χ4v) is 4.07. The summed E-state index contributed by atoms with van der Waals surface area (Å²) < 4.78 is 27.9. The van der Waals surface area contributed by atoms with Gasteiger partial charge in [-0.05, 0) is 58.6 Å². The first-order chi connectivity index (χ1) is 9.40. The third kappa shape index (κ3) is 3.48. The van der Waals surface area contributed by atoms with Crippen LogP contribution in [0.4, 0.5) is 0 Å². The van der Waals surface area contributed by atoms with Gasteiger partial charge in [0, 0.05) is 11.0 Å². The first-order valence-corrected chi connectivity index (χ1v) is 8.48. The molecule has 0 aliphatic carbocycles. The van der Waals surface area contributed by atoms with Crippen molar-refractivity contribution in [3.05, 3.63) is 63.6 Å². The Hall–Kier alpha value is -1.17. The lowest BCUT2D eigenvalue weighted by Gasteiger charge is -2.11. The van der Waals surface area contributed by atoms with Gasteiger partial charge in [0.15, 0.2) is 0 Å².